The normalized spacial score (nSPS) is 15.1. The Labute approximate surface area is 116 Å². The number of aryl methyl sites for hydroxylation is 1. The number of ether oxygens (including phenoxy) is 2. The SMILES string of the molecule is CC(C)(CCN)CCc1ccc2c(c1)OCCCO2. The number of rotatable bonds is 5. The lowest BCUT2D eigenvalue weighted by Crippen LogP contribution is -2.17. The van der Waals surface area contributed by atoms with Crippen LogP contribution in [0.5, 0.6) is 11.5 Å². The largest absolute Gasteiger partial charge is 0.490 e. The monoisotopic (exact) mass is 263 g/mol. The molecule has 0 fully saturated rings. The molecule has 0 unspecified atom stereocenters. The van der Waals surface area contributed by atoms with Gasteiger partial charge in [0.2, 0.25) is 0 Å². The van der Waals surface area contributed by atoms with Gasteiger partial charge in [-0.15, -0.1) is 0 Å². The molecule has 0 aromatic heterocycles. The number of hydrogen-bond donors (Lipinski definition) is 1. The van der Waals surface area contributed by atoms with Crippen molar-refractivity contribution in [3.8, 4) is 11.5 Å². The quantitative estimate of drug-likeness (QED) is 0.887. The second-order valence-corrected chi connectivity index (χ2v) is 6.03. The van der Waals surface area contributed by atoms with E-state index in [2.05, 4.69) is 26.0 Å². The fourth-order valence-corrected chi connectivity index (χ4v) is 2.36. The van der Waals surface area contributed by atoms with Crippen molar-refractivity contribution in [2.75, 3.05) is 19.8 Å². The molecule has 106 valence electrons. The Bertz CT molecular complexity index is 415. The minimum absolute atomic E-state index is 0.304. The molecule has 0 bridgehead atoms. The summed E-state index contributed by atoms with van der Waals surface area (Å²) in [5.41, 5.74) is 7.27. The number of fused-ring (bicyclic) bond motifs is 1. The molecule has 0 saturated carbocycles. The van der Waals surface area contributed by atoms with Crippen LogP contribution in [-0.4, -0.2) is 19.8 Å². The van der Waals surface area contributed by atoms with Crippen LogP contribution in [0.15, 0.2) is 18.2 Å². The number of nitrogens with two attached hydrogens (primary N) is 1. The number of hydrogen-bond acceptors (Lipinski definition) is 3. The summed E-state index contributed by atoms with van der Waals surface area (Å²) in [6.45, 7) is 6.81. The molecule has 1 aliphatic rings. The third-order valence-electron chi connectivity index (χ3n) is 3.72. The maximum Gasteiger partial charge on any atom is 0.161 e. The first-order valence-electron chi connectivity index (χ1n) is 7.19. The highest BCUT2D eigenvalue weighted by Crippen LogP contribution is 2.32. The molecule has 0 aliphatic carbocycles. The minimum atomic E-state index is 0.304. The van der Waals surface area contributed by atoms with Gasteiger partial charge in [0.1, 0.15) is 0 Å². The Balaban J connectivity index is 2.00. The molecule has 2 rings (SSSR count). The predicted octanol–water partition coefficient (Wildman–Crippen LogP) is 3.16. The summed E-state index contributed by atoms with van der Waals surface area (Å²) >= 11 is 0. The molecule has 3 heteroatoms. The summed E-state index contributed by atoms with van der Waals surface area (Å²) < 4.78 is 11.4. The third kappa shape index (κ3) is 4.13. The topological polar surface area (TPSA) is 44.5 Å². The van der Waals surface area contributed by atoms with Crippen molar-refractivity contribution in [2.45, 2.75) is 39.5 Å². The van der Waals surface area contributed by atoms with E-state index in [-0.39, 0.29) is 0 Å². The summed E-state index contributed by atoms with van der Waals surface area (Å²) in [7, 11) is 0. The van der Waals surface area contributed by atoms with E-state index in [0.29, 0.717) is 5.41 Å². The summed E-state index contributed by atoms with van der Waals surface area (Å²) in [5, 5.41) is 0. The first-order chi connectivity index (χ1) is 9.11. The van der Waals surface area contributed by atoms with Gasteiger partial charge in [0.25, 0.3) is 0 Å². The molecule has 0 spiro atoms. The van der Waals surface area contributed by atoms with Crippen molar-refractivity contribution < 1.29 is 9.47 Å². The zero-order valence-corrected chi connectivity index (χ0v) is 12.1. The van der Waals surface area contributed by atoms with E-state index in [9.17, 15) is 0 Å². The molecule has 2 N–H and O–H groups in total. The van der Waals surface area contributed by atoms with Gasteiger partial charge in [0.05, 0.1) is 13.2 Å². The zero-order valence-electron chi connectivity index (χ0n) is 12.1. The maximum atomic E-state index is 5.72. The van der Waals surface area contributed by atoms with Crippen molar-refractivity contribution >= 4 is 0 Å². The Morgan fingerprint density at radius 1 is 1.11 bits per heavy atom. The van der Waals surface area contributed by atoms with Crippen LogP contribution in [-0.2, 0) is 6.42 Å². The average molecular weight is 263 g/mol. The molecule has 1 aromatic carbocycles. The van der Waals surface area contributed by atoms with E-state index in [1.165, 1.54) is 5.56 Å². The maximum absolute atomic E-state index is 5.72. The molecule has 0 saturated heterocycles. The molecule has 1 aromatic rings. The van der Waals surface area contributed by atoms with Crippen LogP contribution in [0.1, 0.15) is 38.7 Å². The second kappa shape index (κ2) is 6.29. The van der Waals surface area contributed by atoms with Crippen molar-refractivity contribution in [1.82, 2.24) is 0 Å². The van der Waals surface area contributed by atoms with Crippen LogP contribution < -0.4 is 15.2 Å². The van der Waals surface area contributed by atoms with E-state index in [1.54, 1.807) is 0 Å². The van der Waals surface area contributed by atoms with Gasteiger partial charge in [-0.3, -0.25) is 0 Å². The van der Waals surface area contributed by atoms with Crippen LogP contribution >= 0.6 is 0 Å². The van der Waals surface area contributed by atoms with Gasteiger partial charge < -0.3 is 15.2 Å². The van der Waals surface area contributed by atoms with Crippen molar-refractivity contribution in [3.05, 3.63) is 23.8 Å². The first-order valence-corrected chi connectivity index (χ1v) is 7.19. The fraction of sp³-hybridized carbons (Fsp3) is 0.625. The van der Waals surface area contributed by atoms with Crippen LogP contribution in [0.2, 0.25) is 0 Å². The molecular weight excluding hydrogens is 238 g/mol. The third-order valence-corrected chi connectivity index (χ3v) is 3.72. The second-order valence-electron chi connectivity index (χ2n) is 6.03. The smallest absolute Gasteiger partial charge is 0.161 e. The van der Waals surface area contributed by atoms with Gasteiger partial charge in [-0.1, -0.05) is 19.9 Å². The van der Waals surface area contributed by atoms with Gasteiger partial charge in [-0.2, -0.15) is 0 Å². The lowest BCUT2D eigenvalue weighted by Gasteiger charge is -2.23. The molecular formula is C16H25NO2. The van der Waals surface area contributed by atoms with Gasteiger partial charge in [0, 0.05) is 6.42 Å². The first kappa shape index (κ1) is 14.2. The highest BCUT2D eigenvalue weighted by atomic mass is 16.5. The molecule has 1 heterocycles. The van der Waals surface area contributed by atoms with E-state index in [1.807, 2.05) is 6.07 Å². The standard InChI is InChI=1S/C16H25NO2/c1-16(2,8-9-17)7-6-13-4-5-14-15(12-13)19-11-3-10-18-14/h4-5,12H,3,6-11,17H2,1-2H3. The Morgan fingerprint density at radius 3 is 2.58 bits per heavy atom. The van der Waals surface area contributed by atoms with Crippen molar-refractivity contribution in [3.63, 3.8) is 0 Å². The van der Waals surface area contributed by atoms with Crippen LogP contribution in [0.4, 0.5) is 0 Å². The summed E-state index contributed by atoms with van der Waals surface area (Å²) in [5.74, 6) is 1.77. The van der Waals surface area contributed by atoms with E-state index in [0.717, 1.165) is 56.9 Å². The Hall–Kier alpha value is -1.22. The molecule has 0 radical (unpaired) electrons. The molecule has 19 heavy (non-hydrogen) atoms. The Kier molecular flexibility index (Phi) is 4.70. The molecule has 0 atom stereocenters. The predicted molar refractivity (Wildman–Crippen MR) is 77.8 cm³/mol. The highest BCUT2D eigenvalue weighted by molar-refractivity contribution is 5.43. The molecule has 1 aliphatic heterocycles. The van der Waals surface area contributed by atoms with Gasteiger partial charge in [-0.05, 0) is 48.9 Å². The highest BCUT2D eigenvalue weighted by Gasteiger charge is 2.17. The number of benzene rings is 1. The van der Waals surface area contributed by atoms with E-state index in [4.69, 9.17) is 15.2 Å². The lowest BCUT2D eigenvalue weighted by atomic mass is 9.83. The van der Waals surface area contributed by atoms with Crippen molar-refractivity contribution in [1.29, 1.82) is 0 Å². The molecule has 3 nitrogen and oxygen atoms in total. The van der Waals surface area contributed by atoms with Gasteiger partial charge in [-0.25, -0.2) is 0 Å². The van der Waals surface area contributed by atoms with Crippen LogP contribution in [0.25, 0.3) is 0 Å². The minimum Gasteiger partial charge on any atom is -0.490 e. The lowest BCUT2D eigenvalue weighted by molar-refractivity contribution is 0.296. The summed E-state index contributed by atoms with van der Waals surface area (Å²) in [4.78, 5) is 0. The zero-order chi connectivity index (χ0) is 13.7. The average Bonchev–Trinajstić information content (AvgIpc) is 2.61. The summed E-state index contributed by atoms with van der Waals surface area (Å²) in [6.07, 6.45) is 4.22. The van der Waals surface area contributed by atoms with E-state index >= 15 is 0 Å². The fourth-order valence-electron chi connectivity index (χ4n) is 2.36. The van der Waals surface area contributed by atoms with Gasteiger partial charge in [0.15, 0.2) is 11.5 Å². The van der Waals surface area contributed by atoms with Gasteiger partial charge >= 0.3 is 0 Å². The van der Waals surface area contributed by atoms with Crippen LogP contribution in [0.3, 0.4) is 0 Å². The van der Waals surface area contributed by atoms with Crippen LogP contribution in [0, 0.1) is 5.41 Å². The van der Waals surface area contributed by atoms with E-state index < -0.39 is 0 Å². The summed E-state index contributed by atoms with van der Waals surface area (Å²) in [6, 6.07) is 6.30. The Morgan fingerprint density at radius 2 is 1.84 bits per heavy atom. The molecule has 0 amide bonds. The van der Waals surface area contributed by atoms with Crippen molar-refractivity contribution in [2.24, 2.45) is 11.1 Å².